The van der Waals surface area contributed by atoms with Crippen LogP contribution in [0.15, 0.2) is 0 Å². The highest BCUT2D eigenvalue weighted by Gasteiger charge is 2.56. The molecule has 4 nitrogen and oxygen atoms in total. The molecule has 1 atom stereocenters. The molecule has 3 N–H and O–H groups in total. The number of rotatable bonds is 4. The fraction of sp³-hybridized carbons (Fsp3) is 0.895. The van der Waals surface area contributed by atoms with Crippen LogP contribution in [0.4, 0.5) is 0 Å². The summed E-state index contributed by atoms with van der Waals surface area (Å²) in [5.41, 5.74) is 4.75. The molecule has 0 spiro atoms. The van der Waals surface area contributed by atoms with Crippen LogP contribution in [-0.2, 0) is 9.59 Å². The second-order valence-electron chi connectivity index (χ2n) is 5.99. The summed E-state index contributed by atoms with van der Waals surface area (Å²) in [5, 5.41) is 2.57. The van der Waals surface area contributed by atoms with Gasteiger partial charge in [0.2, 0.25) is 11.8 Å². The molecule has 23 heavy (non-hydrogen) atoms. The van der Waals surface area contributed by atoms with Crippen LogP contribution in [0.25, 0.3) is 0 Å². The fourth-order valence-electron chi connectivity index (χ4n) is 3.03. The molecule has 2 fully saturated rings. The monoisotopic (exact) mass is 328 g/mol. The van der Waals surface area contributed by atoms with Crippen molar-refractivity contribution in [2.24, 2.45) is 23.0 Å². The standard InChI is InChI=1S/C9H16N2O2.C6H12.2C2H6/c1-3-6(7(12)11-2)9(4-5-9)8(10)13;1-6-4-2-3-5-6;2*1-2/h6H,3-5H2,1-2H3,(H2,10,13)(H,11,12);6H,2-5H2,1H3;2*1-2H3. The number of hydrogen-bond donors (Lipinski definition) is 2. The Morgan fingerprint density at radius 3 is 1.74 bits per heavy atom. The van der Waals surface area contributed by atoms with Gasteiger partial charge in [-0.3, -0.25) is 9.59 Å². The first-order valence-corrected chi connectivity index (χ1v) is 9.49. The first-order chi connectivity index (χ1) is 11.0. The topological polar surface area (TPSA) is 72.2 Å². The van der Waals surface area contributed by atoms with Crippen molar-refractivity contribution in [3.05, 3.63) is 0 Å². The summed E-state index contributed by atoms with van der Waals surface area (Å²) in [6.07, 6.45) is 8.13. The van der Waals surface area contributed by atoms with Gasteiger partial charge in [0.05, 0.1) is 11.3 Å². The second kappa shape index (κ2) is 13.4. The third-order valence-corrected chi connectivity index (χ3v) is 4.56. The van der Waals surface area contributed by atoms with Crippen molar-refractivity contribution in [3.63, 3.8) is 0 Å². The molecule has 0 bridgehead atoms. The minimum atomic E-state index is -0.533. The molecule has 0 saturated heterocycles. The lowest BCUT2D eigenvalue weighted by Gasteiger charge is -2.20. The van der Waals surface area contributed by atoms with Gasteiger partial charge < -0.3 is 11.1 Å². The van der Waals surface area contributed by atoms with Gasteiger partial charge in [-0.1, -0.05) is 67.2 Å². The largest absolute Gasteiger partial charge is 0.369 e. The van der Waals surface area contributed by atoms with Crippen molar-refractivity contribution in [3.8, 4) is 0 Å². The van der Waals surface area contributed by atoms with Crippen molar-refractivity contribution in [2.75, 3.05) is 7.05 Å². The van der Waals surface area contributed by atoms with Gasteiger partial charge in [-0.2, -0.15) is 0 Å². The van der Waals surface area contributed by atoms with Crippen LogP contribution in [0.3, 0.4) is 0 Å². The Labute approximate surface area is 144 Å². The van der Waals surface area contributed by atoms with Gasteiger partial charge in [-0.15, -0.1) is 0 Å². The highest BCUT2D eigenvalue weighted by molar-refractivity contribution is 5.91. The molecule has 1 unspecified atom stereocenters. The normalized spacial score (nSPS) is 18.7. The second-order valence-corrected chi connectivity index (χ2v) is 5.99. The third kappa shape index (κ3) is 7.85. The van der Waals surface area contributed by atoms with Crippen molar-refractivity contribution in [2.45, 2.75) is 86.5 Å². The summed E-state index contributed by atoms with van der Waals surface area (Å²) < 4.78 is 0. The lowest BCUT2D eigenvalue weighted by Crippen LogP contribution is -2.40. The van der Waals surface area contributed by atoms with Crippen molar-refractivity contribution >= 4 is 11.8 Å². The summed E-state index contributed by atoms with van der Waals surface area (Å²) in [7, 11) is 1.59. The van der Waals surface area contributed by atoms with Crippen molar-refractivity contribution in [1.82, 2.24) is 5.32 Å². The van der Waals surface area contributed by atoms with Gasteiger partial charge in [0.15, 0.2) is 0 Å². The zero-order chi connectivity index (χ0) is 18.5. The molecule has 138 valence electrons. The van der Waals surface area contributed by atoms with Gasteiger partial charge in [-0.05, 0) is 25.2 Å². The number of nitrogens with two attached hydrogens (primary N) is 1. The van der Waals surface area contributed by atoms with Gasteiger partial charge in [-0.25, -0.2) is 0 Å². The van der Waals surface area contributed by atoms with E-state index in [-0.39, 0.29) is 17.7 Å². The molecular weight excluding hydrogens is 288 g/mol. The number of amides is 2. The minimum absolute atomic E-state index is 0.0706. The van der Waals surface area contributed by atoms with Crippen LogP contribution in [0.1, 0.15) is 86.5 Å². The van der Waals surface area contributed by atoms with Crippen LogP contribution < -0.4 is 11.1 Å². The molecule has 0 aromatic carbocycles. The van der Waals surface area contributed by atoms with E-state index in [0.29, 0.717) is 6.42 Å². The van der Waals surface area contributed by atoms with Crippen LogP contribution in [0.5, 0.6) is 0 Å². The van der Waals surface area contributed by atoms with E-state index < -0.39 is 5.41 Å². The Bertz CT molecular complexity index is 319. The summed E-state index contributed by atoms with van der Waals surface area (Å²) in [6.45, 7) is 12.2. The molecule has 0 aromatic rings. The molecule has 4 heteroatoms. The Morgan fingerprint density at radius 1 is 1.13 bits per heavy atom. The molecular formula is C19H40N2O2. The Balaban J connectivity index is 0. The first-order valence-electron chi connectivity index (χ1n) is 9.49. The van der Waals surface area contributed by atoms with Gasteiger partial charge in [0.25, 0.3) is 0 Å². The highest BCUT2D eigenvalue weighted by atomic mass is 16.2. The number of primary amides is 1. The Kier molecular flexibility index (Phi) is 14.1. The zero-order valence-electron chi connectivity index (χ0n) is 16.5. The maximum Gasteiger partial charge on any atom is 0.224 e. The van der Waals surface area contributed by atoms with Gasteiger partial charge in [0, 0.05) is 7.05 Å². The molecule has 0 aromatic heterocycles. The van der Waals surface area contributed by atoms with E-state index in [2.05, 4.69) is 12.2 Å². The molecule has 2 aliphatic rings. The minimum Gasteiger partial charge on any atom is -0.369 e. The van der Waals surface area contributed by atoms with E-state index in [0.717, 1.165) is 18.8 Å². The molecule has 2 saturated carbocycles. The van der Waals surface area contributed by atoms with Crippen LogP contribution in [0, 0.1) is 17.3 Å². The van der Waals surface area contributed by atoms with E-state index >= 15 is 0 Å². The summed E-state index contributed by atoms with van der Waals surface area (Å²) in [4.78, 5) is 22.6. The lowest BCUT2D eigenvalue weighted by atomic mass is 9.85. The smallest absolute Gasteiger partial charge is 0.224 e. The van der Waals surface area contributed by atoms with Crippen LogP contribution >= 0.6 is 0 Å². The number of carbonyl (C=O) groups excluding carboxylic acids is 2. The highest BCUT2D eigenvalue weighted by Crippen LogP contribution is 2.52. The van der Waals surface area contributed by atoms with E-state index in [9.17, 15) is 9.59 Å². The average molecular weight is 329 g/mol. The van der Waals surface area contributed by atoms with E-state index in [1.165, 1.54) is 25.7 Å². The van der Waals surface area contributed by atoms with Gasteiger partial charge in [0.1, 0.15) is 0 Å². The Hall–Kier alpha value is -1.06. The van der Waals surface area contributed by atoms with E-state index in [4.69, 9.17) is 5.73 Å². The summed E-state index contributed by atoms with van der Waals surface area (Å²) >= 11 is 0. The predicted molar refractivity (Wildman–Crippen MR) is 99.0 cm³/mol. The average Bonchev–Trinajstić information content (AvgIpc) is 3.25. The van der Waals surface area contributed by atoms with Crippen LogP contribution in [0.2, 0.25) is 0 Å². The Morgan fingerprint density at radius 2 is 1.57 bits per heavy atom. The maximum atomic E-state index is 11.4. The van der Waals surface area contributed by atoms with Crippen molar-refractivity contribution < 1.29 is 9.59 Å². The maximum absolute atomic E-state index is 11.4. The summed E-state index contributed by atoms with van der Waals surface area (Å²) in [6, 6.07) is 0. The molecule has 0 radical (unpaired) electrons. The SMILES string of the molecule is CC.CC.CC1CCCC1.CCC(C(=O)NC)C1(C(N)=O)CC1. The number of nitrogens with one attached hydrogen (secondary N) is 1. The number of hydrogen-bond acceptors (Lipinski definition) is 2. The predicted octanol–water partition coefficient (Wildman–Crippen LogP) is 4.27. The lowest BCUT2D eigenvalue weighted by molar-refractivity contribution is -0.134. The van der Waals surface area contributed by atoms with E-state index in [1.807, 2.05) is 34.6 Å². The van der Waals surface area contributed by atoms with E-state index in [1.54, 1.807) is 7.05 Å². The third-order valence-electron chi connectivity index (χ3n) is 4.56. The van der Waals surface area contributed by atoms with Crippen molar-refractivity contribution in [1.29, 1.82) is 0 Å². The van der Waals surface area contributed by atoms with Gasteiger partial charge >= 0.3 is 0 Å². The molecule has 0 aliphatic heterocycles. The quantitative estimate of drug-likeness (QED) is 0.808. The number of carbonyl (C=O) groups is 2. The van der Waals surface area contributed by atoms with Crippen LogP contribution in [-0.4, -0.2) is 18.9 Å². The first kappa shape index (κ1) is 24.2. The zero-order valence-corrected chi connectivity index (χ0v) is 16.5. The molecule has 2 aliphatic carbocycles. The molecule has 0 heterocycles. The molecule has 2 rings (SSSR count). The molecule has 2 amide bonds. The fourth-order valence-corrected chi connectivity index (χ4v) is 3.03. The summed E-state index contributed by atoms with van der Waals surface area (Å²) in [5.74, 6) is 0.404.